The van der Waals surface area contributed by atoms with Crippen LogP contribution in [0.2, 0.25) is 0 Å². The van der Waals surface area contributed by atoms with E-state index in [9.17, 15) is 20.4 Å². The highest BCUT2D eigenvalue weighted by atomic mass is 16.7. The van der Waals surface area contributed by atoms with Crippen LogP contribution < -0.4 is 0 Å². The first-order valence-electron chi connectivity index (χ1n) is 27.7. The fraction of sp³-hybridized carbons (Fsp3) is 0.855. The molecule has 13 heterocycles. The lowest BCUT2D eigenvalue weighted by Crippen LogP contribution is -2.63. The van der Waals surface area contributed by atoms with Gasteiger partial charge >= 0.3 is 0 Å². The summed E-state index contributed by atoms with van der Waals surface area (Å²) in [5.74, 6) is -0.429. The van der Waals surface area contributed by atoms with Crippen molar-refractivity contribution in [1.82, 2.24) is 0 Å². The lowest BCUT2D eigenvalue weighted by Gasteiger charge is -2.53. The average molecular weight is 1010 g/mol. The molecule has 0 aromatic heterocycles. The van der Waals surface area contributed by atoms with Gasteiger partial charge in [-0.1, -0.05) is 64.2 Å². The first kappa shape index (κ1) is 49.7. The van der Waals surface area contributed by atoms with Gasteiger partial charge in [0.15, 0.2) is 5.79 Å². The Labute approximate surface area is 422 Å². The second kappa shape index (κ2) is 19.2. The quantitative estimate of drug-likeness (QED) is 0.256. The number of hydrogen-bond acceptors (Lipinski definition) is 17. The highest BCUT2D eigenvalue weighted by molar-refractivity contribution is 5.18. The monoisotopic (exact) mass is 1010 g/mol. The first-order valence-corrected chi connectivity index (χ1v) is 27.7. The third-order valence-corrected chi connectivity index (χ3v) is 19.5. The van der Waals surface area contributed by atoms with Gasteiger partial charge in [-0.25, -0.2) is 0 Å². The predicted molar refractivity (Wildman–Crippen MR) is 253 cm³/mol. The fourth-order valence-corrected chi connectivity index (χ4v) is 15.2. The minimum Gasteiger partial charge on any atom is -0.489 e. The zero-order chi connectivity index (χ0) is 49.4. The molecule has 13 aliphatic rings. The van der Waals surface area contributed by atoms with Crippen molar-refractivity contribution >= 4 is 0 Å². The molecule has 0 bridgehead atoms. The molecule has 9 saturated heterocycles. The molecule has 30 atom stereocenters. The van der Waals surface area contributed by atoms with E-state index in [4.69, 9.17) is 61.6 Å². The van der Waals surface area contributed by atoms with Crippen LogP contribution >= 0.6 is 0 Å². The van der Waals surface area contributed by atoms with Crippen LogP contribution in [-0.4, -0.2) is 192 Å². The van der Waals surface area contributed by atoms with Gasteiger partial charge < -0.3 is 82.0 Å². The first-order chi connectivity index (χ1) is 34.7. The number of aliphatic hydroxyl groups excluding tert-OH is 4. The van der Waals surface area contributed by atoms with E-state index in [1.54, 1.807) is 0 Å². The molecule has 9 fully saturated rings. The molecule has 1 spiro atoms. The molecule has 0 aromatic rings. The Bertz CT molecular complexity index is 2100. The van der Waals surface area contributed by atoms with Crippen LogP contribution in [0.5, 0.6) is 0 Å². The van der Waals surface area contributed by atoms with E-state index in [1.807, 2.05) is 32.1 Å². The maximum absolute atomic E-state index is 12.3. The Hall–Kier alpha value is -1.88. The van der Waals surface area contributed by atoms with Crippen molar-refractivity contribution in [2.75, 3.05) is 13.2 Å². The summed E-state index contributed by atoms with van der Waals surface area (Å²) < 4.78 is 88.0. The van der Waals surface area contributed by atoms with Gasteiger partial charge in [-0.05, 0) is 56.9 Å². The molecule has 72 heavy (non-hydrogen) atoms. The number of rotatable bonds is 0. The number of fused-ring (bicyclic) bond motifs is 11. The van der Waals surface area contributed by atoms with Gasteiger partial charge in [0, 0.05) is 43.9 Å². The molecule has 13 rings (SSSR count). The van der Waals surface area contributed by atoms with Crippen molar-refractivity contribution in [3.8, 4) is 0 Å². The largest absolute Gasteiger partial charge is 0.489 e. The Morgan fingerprint density at radius 1 is 0.528 bits per heavy atom. The van der Waals surface area contributed by atoms with E-state index in [1.165, 1.54) is 0 Å². The lowest BCUT2D eigenvalue weighted by atomic mass is 9.75. The molecular formula is C55H78O17. The Balaban J connectivity index is 0.694. The summed E-state index contributed by atoms with van der Waals surface area (Å²) in [7, 11) is 0. The van der Waals surface area contributed by atoms with Crippen LogP contribution in [0.1, 0.15) is 98.8 Å². The zero-order valence-corrected chi connectivity index (χ0v) is 42.3. The molecule has 17 nitrogen and oxygen atoms in total. The Morgan fingerprint density at radius 3 is 2.08 bits per heavy atom. The molecule has 0 aliphatic carbocycles. The van der Waals surface area contributed by atoms with Crippen LogP contribution in [-0.2, 0) is 61.6 Å². The van der Waals surface area contributed by atoms with E-state index < -0.39 is 78.5 Å². The van der Waals surface area contributed by atoms with Crippen LogP contribution in [0, 0.1) is 23.7 Å². The highest BCUT2D eigenvalue weighted by Gasteiger charge is 2.63. The van der Waals surface area contributed by atoms with Gasteiger partial charge in [-0.2, -0.15) is 0 Å². The van der Waals surface area contributed by atoms with Crippen LogP contribution in [0.15, 0.2) is 48.3 Å². The zero-order valence-electron chi connectivity index (χ0n) is 42.3. The SMILES string of the molecule is C[C@@H]1C[C@@H]2O[C@@H]3[C@@H](C)[C@H](O)[C@@H]4OC5(C[C@H](O)CO5)[C@@H](C)[C@H](C)[C@H]4O[C@H]3C[C@H]2O[C@H]2C[C@H]3O[C@@H]4C=CC[C@H]5O[C@H]6C=C[C@H]7O[C@H]8[C@H](O)[C@H]9OCC=CC[C@@H]9O[C@@H]8C[C@@H]7O[C@@H]6CC=C5O[C@@H]4C[C@@H](O)[C@]3(C)O[C@@H]2C1. The van der Waals surface area contributed by atoms with E-state index >= 15 is 0 Å². The van der Waals surface area contributed by atoms with Gasteiger partial charge in [-0.15, -0.1) is 0 Å². The standard InChI is InChI=1S/C55H78O17/c1-25-17-37-39(20-43-49(69-37)27(3)47(58)53-50(70-43)26(2)28(4)55(72-53)23-29(56)24-61-55)66-41-22-46-54(5,71-42(41)18-25)45(57)21-40-31(67-46)11-8-10-30-32(64-40)12-13-34-33(62-30)14-15-35-38(63-34)19-44-52(68-35)48(59)51-36(65-44)9-6-7-16-60-51/h6-8,11-12,14-15,25-31,33-53,56-59H,9-10,13,16-24H2,1-5H3/t25-,26+,27+,28+,29+,30-,31-,33+,34-,35-,36+,37+,38+,39-,40-,41+,42-,43+,44-,45-,46-,47+,48-,49-,50-,51+,52-,53+,54+,55?/m1/s1. The third-order valence-electron chi connectivity index (χ3n) is 19.5. The van der Waals surface area contributed by atoms with Gasteiger partial charge in [0.1, 0.15) is 66.3 Å². The maximum Gasteiger partial charge on any atom is 0.174 e. The number of aliphatic hydroxyl groups is 4. The van der Waals surface area contributed by atoms with E-state index in [0.717, 1.165) is 12.8 Å². The second-order valence-electron chi connectivity index (χ2n) is 24.1. The van der Waals surface area contributed by atoms with Crippen LogP contribution in [0.3, 0.4) is 0 Å². The summed E-state index contributed by atoms with van der Waals surface area (Å²) in [6.45, 7) is 11.1. The summed E-state index contributed by atoms with van der Waals surface area (Å²) >= 11 is 0. The van der Waals surface area contributed by atoms with Crippen molar-refractivity contribution in [2.24, 2.45) is 23.7 Å². The van der Waals surface area contributed by atoms with Crippen LogP contribution in [0.4, 0.5) is 0 Å². The van der Waals surface area contributed by atoms with E-state index in [-0.39, 0.29) is 110 Å². The summed E-state index contributed by atoms with van der Waals surface area (Å²) in [6, 6.07) is 0. The number of hydrogen-bond donors (Lipinski definition) is 4. The van der Waals surface area contributed by atoms with Crippen molar-refractivity contribution in [2.45, 2.75) is 257 Å². The van der Waals surface area contributed by atoms with Crippen LogP contribution in [0.25, 0.3) is 0 Å². The van der Waals surface area contributed by atoms with E-state index in [0.29, 0.717) is 63.7 Å². The van der Waals surface area contributed by atoms with Gasteiger partial charge in [0.25, 0.3) is 0 Å². The summed E-state index contributed by atoms with van der Waals surface area (Å²) in [6.07, 6.45) is 9.12. The van der Waals surface area contributed by atoms with Gasteiger partial charge in [-0.3, -0.25) is 0 Å². The molecule has 0 aromatic carbocycles. The molecule has 17 heteroatoms. The van der Waals surface area contributed by atoms with Gasteiger partial charge in [0.2, 0.25) is 0 Å². The molecule has 4 N–H and O–H groups in total. The average Bonchev–Trinajstić information content (AvgIpc) is 3.55. The second-order valence-corrected chi connectivity index (χ2v) is 24.1. The van der Waals surface area contributed by atoms with Crippen molar-refractivity contribution in [1.29, 1.82) is 0 Å². The molecule has 1 unspecified atom stereocenters. The summed E-state index contributed by atoms with van der Waals surface area (Å²) in [5.41, 5.74) is -1.03. The minimum atomic E-state index is -1.03. The molecule has 13 aliphatic heterocycles. The maximum atomic E-state index is 12.3. The van der Waals surface area contributed by atoms with Crippen molar-refractivity contribution in [3.63, 3.8) is 0 Å². The molecular weight excluding hydrogens is 933 g/mol. The molecule has 400 valence electrons. The third kappa shape index (κ3) is 8.58. The Kier molecular flexibility index (Phi) is 13.3. The smallest absolute Gasteiger partial charge is 0.174 e. The number of ether oxygens (including phenoxy) is 13. The summed E-state index contributed by atoms with van der Waals surface area (Å²) in [4.78, 5) is 0. The molecule has 0 amide bonds. The molecule has 0 saturated carbocycles. The van der Waals surface area contributed by atoms with Gasteiger partial charge in [0.05, 0.1) is 105 Å². The molecule has 0 radical (unpaired) electrons. The van der Waals surface area contributed by atoms with E-state index in [2.05, 4.69) is 45.1 Å². The predicted octanol–water partition coefficient (Wildman–Crippen LogP) is 3.65. The van der Waals surface area contributed by atoms with Crippen molar-refractivity contribution in [3.05, 3.63) is 48.3 Å². The Morgan fingerprint density at radius 2 is 1.25 bits per heavy atom. The normalized spacial score (nSPS) is 58.0. The lowest BCUT2D eigenvalue weighted by molar-refractivity contribution is -0.339. The minimum absolute atomic E-state index is 0.0206. The summed E-state index contributed by atoms with van der Waals surface area (Å²) in [5, 5.41) is 46.2. The van der Waals surface area contributed by atoms with Crippen molar-refractivity contribution < 1.29 is 82.0 Å². The fourth-order valence-electron chi connectivity index (χ4n) is 15.2. The topological polar surface area (TPSA) is 201 Å². The highest BCUT2D eigenvalue weighted by Crippen LogP contribution is 2.52.